The molecule has 0 aliphatic carbocycles. The second-order valence-corrected chi connectivity index (χ2v) is 7.80. The van der Waals surface area contributed by atoms with Gasteiger partial charge in [0.15, 0.2) is 17.6 Å². The summed E-state index contributed by atoms with van der Waals surface area (Å²) in [7, 11) is 3.04. The molecule has 4 aromatic rings. The summed E-state index contributed by atoms with van der Waals surface area (Å²) in [4.78, 5) is 30.3. The Kier molecular flexibility index (Phi) is 7.10. The van der Waals surface area contributed by atoms with Crippen molar-refractivity contribution in [3.05, 3.63) is 83.9 Å². The Hall–Kier alpha value is -4.53. The number of halogens is 2. The molecule has 1 N–H and O–H groups in total. The molecule has 1 heterocycles. The van der Waals surface area contributed by atoms with E-state index in [9.17, 15) is 18.4 Å². The first-order valence-electron chi connectivity index (χ1n) is 10.9. The van der Waals surface area contributed by atoms with Crippen LogP contribution in [0.1, 0.15) is 17.3 Å². The van der Waals surface area contributed by atoms with Crippen molar-refractivity contribution in [2.75, 3.05) is 19.5 Å². The molecule has 1 atom stereocenters. The number of anilines is 1. The third kappa shape index (κ3) is 5.10. The van der Waals surface area contributed by atoms with Gasteiger partial charge in [-0.15, -0.1) is 0 Å². The van der Waals surface area contributed by atoms with Crippen LogP contribution in [0.25, 0.3) is 22.2 Å². The number of ether oxygens (including phenoxy) is 3. The van der Waals surface area contributed by atoms with E-state index in [0.29, 0.717) is 33.7 Å². The second kappa shape index (κ2) is 10.4. The Bertz CT molecular complexity index is 1460. The van der Waals surface area contributed by atoms with Crippen molar-refractivity contribution in [2.45, 2.75) is 13.0 Å². The molecule has 0 aliphatic heterocycles. The van der Waals surface area contributed by atoms with Crippen molar-refractivity contribution < 1.29 is 32.6 Å². The van der Waals surface area contributed by atoms with Gasteiger partial charge in [-0.05, 0) is 49.4 Å². The van der Waals surface area contributed by atoms with Gasteiger partial charge in [0.05, 0.1) is 36.7 Å². The number of methoxy groups -OCH3 is 2. The van der Waals surface area contributed by atoms with Gasteiger partial charge in [0.2, 0.25) is 0 Å². The molecule has 7 nitrogen and oxygen atoms in total. The summed E-state index contributed by atoms with van der Waals surface area (Å²) >= 11 is 0. The summed E-state index contributed by atoms with van der Waals surface area (Å²) in [5, 5.41) is 2.76. The Labute approximate surface area is 205 Å². The number of benzene rings is 3. The lowest BCUT2D eigenvalue weighted by Gasteiger charge is -2.16. The largest absolute Gasteiger partial charge is 0.493 e. The van der Waals surface area contributed by atoms with Gasteiger partial charge >= 0.3 is 5.97 Å². The number of pyridine rings is 1. The number of carbonyl (C=O) groups excluding carboxylic acids is 2. The third-order valence-corrected chi connectivity index (χ3v) is 5.45. The highest BCUT2D eigenvalue weighted by Crippen LogP contribution is 2.33. The molecule has 4 rings (SSSR count). The summed E-state index contributed by atoms with van der Waals surface area (Å²) in [6.45, 7) is 1.34. The van der Waals surface area contributed by atoms with Crippen LogP contribution >= 0.6 is 0 Å². The Morgan fingerprint density at radius 1 is 0.917 bits per heavy atom. The number of para-hydroxylation sites is 1. The molecular weight excluding hydrogens is 470 g/mol. The molecule has 1 unspecified atom stereocenters. The zero-order chi connectivity index (χ0) is 25.8. The number of nitrogens with zero attached hydrogens (tertiary/aromatic N) is 1. The van der Waals surface area contributed by atoms with Crippen LogP contribution in [0.15, 0.2) is 66.7 Å². The molecule has 0 spiro atoms. The van der Waals surface area contributed by atoms with Crippen LogP contribution in [0.3, 0.4) is 0 Å². The van der Waals surface area contributed by atoms with Gasteiger partial charge < -0.3 is 19.5 Å². The average Bonchev–Trinajstić information content (AvgIpc) is 2.89. The second-order valence-electron chi connectivity index (χ2n) is 7.80. The summed E-state index contributed by atoms with van der Waals surface area (Å²) in [5.74, 6) is -2.10. The zero-order valence-electron chi connectivity index (χ0n) is 19.7. The smallest absolute Gasteiger partial charge is 0.339 e. The van der Waals surface area contributed by atoms with Crippen LogP contribution in [0.5, 0.6) is 11.5 Å². The molecule has 9 heteroatoms. The maximum atomic E-state index is 13.9. The number of carbonyl (C=O) groups is 2. The molecule has 36 heavy (non-hydrogen) atoms. The Morgan fingerprint density at radius 2 is 1.67 bits per heavy atom. The van der Waals surface area contributed by atoms with E-state index in [1.807, 2.05) is 0 Å². The number of hydrogen-bond acceptors (Lipinski definition) is 6. The Balaban J connectivity index is 1.64. The first-order valence-corrected chi connectivity index (χ1v) is 10.9. The maximum absolute atomic E-state index is 13.9. The highest BCUT2D eigenvalue weighted by molar-refractivity contribution is 6.06. The van der Waals surface area contributed by atoms with Crippen molar-refractivity contribution in [2.24, 2.45) is 0 Å². The van der Waals surface area contributed by atoms with Gasteiger partial charge in [0.25, 0.3) is 5.91 Å². The molecule has 0 fully saturated rings. The first kappa shape index (κ1) is 24.6. The van der Waals surface area contributed by atoms with Crippen LogP contribution in [-0.2, 0) is 9.53 Å². The fourth-order valence-corrected chi connectivity index (χ4v) is 3.59. The van der Waals surface area contributed by atoms with E-state index in [0.717, 1.165) is 18.2 Å². The minimum Gasteiger partial charge on any atom is -0.493 e. The van der Waals surface area contributed by atoms with Gasteiger partial charge in [0, 0.05) is 17.0 Å². The van der Waals surface area contributed by atoms with Crippen molar-refractivity contribution >= 4 is 28.5 Å². The van der Waals surface area contributed by atoms with Gasteiger partial charge in [-0.25, -0.2) is 18.6 Å². The van der Waals surface area contributed by atoms with Crippen LogP contribution in [-0.4, -0.2) is 37.2 Å². The fraction of sp³-hybridized carbons (Fsp3) is 0.148. The van der Waals surface area contributed by atoms with Crippen molar-refractivity contribution in [3.63, 3.8) is 0 Å². The lowest BCUT2D eigenvalue weighted by molar-refractivity contribution is -0.123. The monoisotopic (exact) mass is 492 g/mol. The fourth-order valence-electron chi connectivity index (χ4n) is 3.59. The van der Waals surface area contributed by atoms with E-state index < -0.39 is 29.6 Å². The quantitative estimate of drug-likeness (QED) is 0.349. The standard InChI is InChI=1S/C27H22F2N2O5/c1-15(26(32)31-23-13-17(28)9-10-20(23)29)36-27(33)19-14-22(30-21-7-5-4-6-18(19)21)16-8-11-24(34-2)25(12-16)35-3/h4-15H,1-3H3,(H,31,32). The van der Waals surface area contributed by atoms with Crippen molar-refractivity contribution in [3.8, 4) is 22.8 Å². The van der Waals surface area contributed by atoms with Crippen LogP contribution < -0.4 is 14.8 Å². The summed E-state index contributed by atoms with van der Waals surface area (Å²) in [6, 6.07) is 16.4. The summed E-state index contributed by atoms with van der Waals surface area (Å²) in [6.07, 6.45) is -1.29. The van der Waals surface area contributed by atoms with E-state index in [4.69, 9.17) is 14.2 Å². The maximum Gasteiger partial charge on any atom is 0.339 e. The van der Waals surface area contributed by atoms with E-state index in [2.05, 4.69) is 10.3 Å². The molecule has 0 aliphatic rings. The molecule has 0 saturated carbocycles. The van der Waals surface area contributed by atoms with Gasteiger partial charge in [-0.1, -0.05) is 18.2 Å². The highest BCUT2D eigenvalue weighted by Gasteiger charge is 2.23. The number of amides is 1. The van der Waals surface area contributed by atoms with E-state index in [1.165, 1.54) is 21.1 Å². The number of fused-ring (bicyclic) bond motifs is 1. The number of nitrogens with one attached hydrogen (secondary N) is 1. The topological polar surface area (TPSA) is 86.8 Å². The molecule has 3 aromatic carbocycles. The van der Waals surface area contributed by atoms with E-state index in [1.54, 1.807) is 48.5 Å². The highest BCUT2D eigenvalue weighted by atomic mass is 19.1. The minimum absolute atomic E-state index is 0.182. The van der Waals surface area contributed by atoms with E-state index in [-0.39, 0.29) is 11.3 Å². The molecule has 0 radical (unpaired) electrons. The molecule has 1 amide bonds. The van der Waals surface area contributed by atoms with Crippen molar-refractivity contribution in [1.29, 1.82) is 0 Å². The minimum atomic E-state index is -1.29. The molecule has 1 aromatic heterocycles. The number of hydrogen-bond donors (Lipinski definition) is 1. The molecule has 0 bridgehead atoms. The van der Waals surface area contributed by atoms with Gasteiger partial charge in [0.1, 0.15) is 11.6 Å². The number of rotatable bonds is 7. The lowest BCUT2D eigenvalue weighted by Crippen LogP contribution is -2.30. The third-order valence-electron chi connectivity index (χ3n) is 5.45. The molecule has 0 saturated heterocycles. The molecule has 184 valence electrons. The molecular formula is C27H22F2N2O5. The predicted octanol–water partition coefficient (Wildman–Crippen LogP) is 5.38. The van der Waals surface area contributed by atoms with Gasteiger partial charge in [-0.2, -0.15) is 0 Å². The summed E-state index contributed by atoms with van der Waals surface area (Å²) < 4.78 is 43.3. The zero-order valence-corrected chi connectivity index (χ0v) is 19.7. The Morgan fingerprint density at radius 3 is 2.42 bits per heavy atom. The van der Waals surface area contributed by atoms with Crippen LogP contribution in [0, 0.1) is 11.6 Å². The lowest BCUT2D eigenvalue weighted by atomic mass is 10.0. The van der Waals surface area contributed by atoms with E-state index >= 15 is 0 Å². The number of esters is 1. The predicted molar refractivity (Wildman–Crippen MR) is 130 cm³/mol. The summed E-state index contributed by atoms with van der Waals surface area (Å²) in [5.41, 5.74) is 1.51. The van der Waals surface area contributed by atoms with Gasteiger partial charge in [-0.3, -0.25) is 4.79 Å². The van der Waals surface area contributed by atoms with Crippen LogP contribution in [0.4, 0.5) is 14.5 Å². The SMILES string of the molecule is COc1ccc(-c2cc(C(=O)OC(C)C(=O)Nc3cc(F)ccc3F)c3ccccc3n2)cc1OC. The van der Waals surface area contributed by atoms with Crippen molar-refractivity contribution in [1.82, 2.24) is 4.98 Å². The average molecular weight is 492 g/mol. The van der Waals surface area contributed by atoms with Crippen LogP contribution in [0.2, 0.25) is 0 Å². The first-order chi connectivity index (χ1) is 17.3. The number of aromatic nitrogens is 1. The normalized spacial score (nSPS) is 11.6.